The topological polar surface area (TPSA) is 139 Å². The Balaban J connectivity index is 1.94. The average molecular weight is 456 g/mol. The van der Waals surface area contributed by atoms with E-state index < -0.39 is 24.4 Å². The number of nitrogens with two attached hydrogens (primary N) is 1. The van der Waals surface area contributed by atoms with Crippen molar-refractivity contribution in [3.05, 3.63) is 29.1 Å². The van der Waals surface area contributed by atoms with Crippen LogP contribution in [0.1, 0.15) is 24.2 Å². The zero-order chi connectivity index (χ0) is 22.1. The molecule has 1 aliphatic rings. The molecule has 1 atom stereocenters. The van der Waals surface area contributed by atoms with Crippen LogP contribution in [0.4, 0.5) is 13.6 Å². The van der Waals surface area contributed by atoms with E-state index >= 15 is 0 Å². The number of nitrogens with zero attached hydrogens (tertiary/aromatic N) is 5. The number of benzene rings is 1. The van der Waals surface area contributed by atoms with Crippen molar-refractivity contribution in [2.24, 2.45) is 5.73 Å². The molecule has 1 aliphatic heterocycles. The fraction of sp³-hybridized carbons (Fsp3) is 0.353. The van der Waals surface area contributed by atoms with Crippen molar-refractivity contribution >= 4 is 28.7 Å². The number of alkyl halides is 2. The number of hydrogen-bond donors (Lipinski definition) is 2. The molecule has 2 aromatic heterocycles. The van der Waals surface area contributed by atoms with Crippen molar-refractivity contribution in [1.82, 2.24) is 29.8 Å². The third-order valence-corrected chi connectivity index (χ3v) is 4.56. The van der Waals surface area contributed by atoms with Crippen LogP contribution in [0.25, 0.3) is 17.0 Å². The van der Waals surface area contributed by atoms with Gasteiger partial charge in [-0.3, -0.25) is 4.57 Å². The first kappa shape index (κ1) is 21.1. The molecule has 4 rings (SSSR count). The molecule has 0 spiro atoms. The highest BCUT2D eigenvalue weighted by atomic mass is 35.5. The predicted octanol–water partition coefficient (Wildman–Crippen LogP) is 1.93. The smallest absolute Gasteiger partial charge is 0.409 e. The molecule has 3 N–H and O–H groups in total. The fourth-order valence-corrected chi connectivity index (χ4v) is 3.32. The van der Waals surface area contributed by atoms with Crippen molar-refractivity contribution < 1.29 is 27.8 Å². The quantitative estimate of drug-likeness (QED) is 0.590. The molecule has 0 bridgehead atoms. The number of primary amides is 1. The van der Waals surface area contributed by atoms with Crippen LogP contribution in [0, 0.1) is 0 Å². The van der Waals surface area contributed by atoms with E-state index in [0.29, 0.717) is 19.7 Å². The zero-order valence-corrected chi connectivity index (χ0v) is 16.8. The predicted molar refractivity (Wildman–Crippen MR) is 103 cm³/mol. The van der Waals surface area contributed by atoms with Gasteiger partial charge in [-0.05, 0) is 11.6 Å². The summed E-state index contributed by atoms with van der Waals surface area (Å²) >= 11 is 6.06. The summed E-state index contributed by atoms with van der Waals surface area (Å²) in [5.74, 6) is -0.671. The molecule has 31 heavy (non-hydrogen) atoms. The summed E-state index contributed by atoms with van der Waals surface area (Å²) in [6.07, 6.45) is -4.63. The van der Waals surface area contributed by atoms with Gasteiger partial charge in [-0.2, -0.15) is 15.0 Å². The largest absolute Gasteiger partial charge is 0.494 e. The molecule has 1 fully saturated rings. The van der Waals surface area contributed by atoms with Gasteiger partial charge in [0.2, 0.25) is 11.2 Å². The first-order chi connectivity index (χ1) is 14.9. The molecule has 1 aromatic carbocycles. The van der Waals surface area contributed by atoms with E-state index in [1.165, 1.54) is 19.2 Å². The minimum absolute atomic E-state index is 0.0426. The SMILES string of the molecule is COc1cc(OC(N)=O)cc2c1nc(C(F)F)n2-c1nc(Cl)nc(C2CNCCO2)n1. The Kier molecular flexibility index (Phi) is 5.80. The van der Waals surface area contributed by atoms with Gasteiger partial charge in [-0.15, -0.1) is 0 Å². The molecule has 3 aromatic rings. The number of aromatic nitrogens is 5. The molecule has 1 amide bonds. The summed E-state index contributed by atoms with van der Waals surface area (Å²) in [5, 5.41) is 2.91. The first-order valence-corrected chi connectivity index (χ1v) is 9.35. The highest BCUT2D eigenvalue weighted by Crippen LogP contribution is 2.35. The van der Waals surface area contributed by atoms with Crippen LogP contribution in [-0.4, -0.2) is 57.4 Å². The van der Waals surface area contributed by atoms with E-state index in [0.717, 1.165) is 4.57 Å². The summed E-state index contributed by atoms with van der Waals surface area (Å²) in [6, 6.07) is 2.59. The van der Waals surface area contributed by atoms with E-state index in [9.17, 15) is 13.6 Å². The van der Waals surface area contributed by atoms with Crippen molar-refractivity contribution in [1.29, 1.82) is 0 Å². The number of morpholine rings is 1. The number of halogens is 3. The molecule has 3 heterocycles. The number of rotatable bonds is 5. The molecular formula is C17H16ClF2N7O4. The minimum Gasteiger partial charge on any atom is -0.494 e. The van der Waals surface area contributed by atoms with Gasteiger partial charge in [-0.1, -0.05) is 0 Å². The van der Waals surface area contributed by atoms with Crippen molar-refractivity contribution in [3.63, 3.8) is 0 Å². The molecule has 11 nitrogen and oxygen atoms in total. The Morgan fingerprint density at radius 1 is 1.35 bits per heavy atom. The Bertz CT molecular complexity index is 1140. The van der Waals surface area contributed by atoms with Crippen LogP contribution >= 0.6 is 11.6 Å². The van der Waals surface area contributed by atoms with Crippen LogP contribution in [0.15, 0.2) is 12.1 Å². The summed E-state index contributed by atoms with van der Waals surface area (Å²) in [6.45, 7) is 1.49. The monoisotopic (exact) mass is 455 g/mol. The number of carbonyl (C=O) groups is 1. The van der Waals surface area contributed by atoms with Gasteiger partial charge in [0.05, 0.1) is 19.2 Å². The minimum atomic E-state index is -3.00. The van der Waals surface area contributed by atoms with Crippen LogP contribution in [0.5, 0.6) is 11.5 Å². The molecule has 0 aliphatic carbocycles. The molecule has 0 saturated carbocycles. The molecule has 14 heteroatoms. The molecule has 0 radical (unpaired) electrons. The highest BCUT2D eigenvalue weighted by molar-refractivity contribution is 6.28. The standard InChI is InChI=1S/C17H16ClF2N7O4/c1-29-9-5-7(31-16(21)28)4-8-11(9)23-14(12(19)20)27(8)17-25-13(24-15(18)26-17)10-6-22-2-3-30-10/h4-5,10,12,22H,2-3,6H2,1H3,(H2,21,28). The fourth-order valence-electron chi connectivity index (χ4n) is 3.16. The van der Waals surface area contributed by atoms with Crippen LogP contribution in [-0.2, 0) is 4.74 Å². The summed E-state index contributed by atoms with van der Waals surface area (Å²) in [5.41, 5.74) is 5.23. The highest BCUT2D eigenvalue weighted by Gasteiger charge is 2.27. The van der Waals surface area contributed by atoms with Gasteiger partial charge in [0.15, 0.2) is 11.6 Å². The maximum atomic E-state index is 13.9. The number of fused-ring (bicyclic) bond motifs is 1. The van der Waals surface area contributed by atoms with Gasteiger partial charge >= 0.3 is 6.09 Å². The molecule has 1 saturated heterocycles. The average Bonchev–Trinajstić information content (AvgIpc) is 3.13. The van der Waals surface area contributed by atoms with Gasteiger partial charge in [0, 0.05) is 25.2 Å². The molecular weight excluding hydrogens is 440 g/mol. The Morgan fingerprint density at radius 3 is 2.81 bits per heavy atom. The Morgan fingerprint density at radius 2 is 2.16 bits per heavy atom. The van der Waals surface area contributed by atoms with E-state index in [-0.39, 0.29) is 39.6 Å². The van der Waals surface area contributed by atoms with Gasteiger partial charge in [0.1, 0.15) is 23.1 Å². The maximum absolute atomic E-state index is 13.9. The second-order valence-electron chi connectivity index (χ2n) is 6.35. The summed E-state index contributed by atoms with van der Waals surface area (Å²) < 4.78 is 44.5. The van der Waals surface area contributed by atoms with E-state index in [1.807, 2.05) is 0 Å². The number of amides is 1. The number of hydrogen-bond acceptors (Lipinski definition) is 9. The number of nitrogens with one attached hydrogen (secondary N) is 1. The lowest BCUT2D eigenvalue weighted by Gasteiger charge is -2.22. The van der Waals surface area contributed by atoms with Gasteiger partial charge in [-0.25, -0.2) is 18.6 Å². The number of imidazole rings is 1. The van der Waals surface area contributed by atoms with Crippen molar-refractivity contribution in [2.45, 2.75) is 12.5 Å². The van der Waals surface area contributed by atoms with Gasteiger partial charge in [0.25, 0.3) is 6.43 Å². The maximum Gasteiger partial charge on any atom is 0.409 e. The molecule has 1 unspecified atom stereocenters. The lowest BCUT2D eigenvalue weighted by Crippen LogP contribution is -2.34. The number of ether oxygens (including phenoxy) is 3. The summed E-state index contributed by atoms with van der Waals surface area (Å²) in [4.78, 5) is 27.5. The second kappa shape index (κ2) is 8.53. The van der Waals surface area contributed by atoms with E-state index in [1.54, 1.807) is 0 Å². The van der Waals surface area contributed by atoms with Crippen molar-refractivity contribution in [2.75, 3.05) is 26.8 Å². The first-order valence-electron chi connectivity index (χ1n) is 8.97. The third kappa shape index (κ3) is 4.19. The van der Waals surface area contributed by atoms with Crippen LogP contribution in [0.2, 0.25) is 5.28 Å². The Labute approximate surface area is 178 Å². The normalized spacial score (nSPS) is 16.6. The van der Waals surface area contributed by atoms with Crippen LogP contribution < -0.4 is 20.5 Å². The third-order valence-electron chi connectivity index (χ3n) is 4.39. The number of carbonyl (C=O) groups excluding carboxylic acids is 1. The van der Waals surface area contributed by atoms with Crippen molar-refractivity contribution in [3.8, 4) is 17.4 Å². The van der Waals surface area contributed by atoms with Gasteiger partial charge < -0.3 is 25.3 Å². The summed E-state index contributed by atoms with van der Waals surface area (Å²) in [7, 11) is 1.31. The van der Waals surface area contributed by atoms with E-state index in [4.69, 9.17) is 31.5 Å². The number of methoxy groups -OCH3 is 1. The van der Waals surface area contributed by atoms with Crippen LogP contribution in [0.3, 0.4) is 0 Å². The second-order valence-corrected chi connectivity index (χ2v) is 6.68. The Hall–Kier alpha value is -3.16. The zero-order valence-electron chi connectivity index (χ0n) is 16.0. The lowest BCUT2D eigenvalue weighted by molar-refractivity contribution is 0.0219. The lowest BCUT2D eigenvalue weighted by atomic mass is 10.2. The van der Waals surface area contributed by atoms with E-state index in [2.05, 4.69) is 25.3 Å². The molecule has 164 valence electrons.